The van der Waals surface area contributed by atoms with E-state index in [1.54, 1.807) is 12.1 Å². The first-order chi connectivity index (χ1) is 15.4. The molecule has 5 nitrogen and oxygen atoms in total. The number of pyridine rings is 1. The van der Waals surface area contributed by atoms with Gasteiger partial charge in [0, 0.05) is 34.8 Å². The second-order valence-electron chi connectivity index (χ2n) is 8.52. The van der Waals surface area contributed by atoms with Gasteiger partial charge >= 0.3 is 0 Å². The van der Waals surface area contributed by atoms with E-state index in [0.717, 1.165) is 30.5 Å². The molecule has 1 amide bonds. The predicted octanol–water partition coefficient (Wildman–Crippen LogP) is 4.33. The lowest BCUT2D eigenvalue weighted by Gasteiger charge is -2.21. The fourth-order valence-electron chi connectivity index (χ4n) is 4.82. The van der Waals surface area contributed by atoms with Crippen LogP contribution in [0.15, 0.2) is 42.5 Å². The normalized spacial score (nSPS) is 18.5. The first kappa shape index (κ1) is 20.6. The van der Waals surface area contributed by atoms with Gasteiger partial charge in [-0.3, -0.25) is 9.69 Å². The van der Waals surface area contributed by atoms with Crippen LogP contribution in [-0.4, -0.2) is 35.9 Å². The fourth-order valence-corrected chi connectivity index (χ4v) is 4.82. The van der Waals surface area contributed by atoms with E-state index < -0.39 is 11.8 Å². The van der Waals surface area contributed by atoms with E-state index in [2.05, 4.69) is 22.2 Å². The highest BCUT2D eigenvalue weighted by molar-refractivity contribution is 5.97. The van der Waals surface area contributed by atoms with Crippen LogP contribution in [0.3, 0.4) is 0 Å². The average Bonchev–Trinajstić information content (AvgIpc) is 3.20. The molecule has 0 spiro atoms. The number of nitrogens with one attached hydrogen (secondary N) is 1. The molecule has 1 saturated heterocycles. The number of nitrogen functional groups attached to an aromatic ring is 1. The molecule has 0 bridgehead atoms. The number of aromatic nitrogens is 1. The number of rotatable bonds is 3. The van der Waals surface area contributed by atoms with Crippen LogP contribution in [0.2, 0.25) is 0 Å². The highest BCUT2D eigenvalue weighted by Crippen LogP contribution is 2.37. The third-order valence-corrected chi connectivity index (χ3v) is 6.52. The maximum Gasteiger partial charge on any atom is 0.251 e. The lowest BCUT2D eigenvalue weighted by molar-refractivity contribution is 0.0945. The maximum absolute atomic E-state index is 15.0. The van der Waals surface area contributed by atoms with Crippen molar-refractivity contribution in [1.29, 1.82) is 0 Å². The second kappa shape index (κ2) is 7.98. The maximum atomic E-state index is 15.0. The number of fused-ring (bicyclic) bond motifs is 1. The van der Waals surface area contributed by atoms with Crippen LogP contribution >= 0.6 is 0 Å². The van der Waals surface area contributed by atoms with E-state index in [0.29, 0.717) is 35.7 Å². The average molecular weight is 434 g/mol. The van der Waals surface area contributed by atoms with Crippen LogP contribution in [0.5, 0.6) is 0 Å². The van der Waals surface area contributed by atoms with Gasteiger partial charge in [-0.2, -0.15) is 4.39 Å². The number of carbonyl (C=O) groups excluding carboxylic acids is 1. The molecular formula is C25H24F2N4O. The van der Waals surface area contributed by atoms with Gasteiger partial charge in [0.15, 0.2) is 0 Å². The van der Waals surface area contributed by atoms with Crippen molar-refractivity contribution < 1.29 is 13.6 Å². The smallest absolute Gasteiger partial charge is 0.251 e. The standard InChI is InChI=1S/C25H24F2N4O/c1-31-9-3-6-22(31)16-5-2-4-14(10-16)17-12-20(24(28)30-23(17)27)19-11-15-7-8-29-25(32)18(15)13-21(19)26/h2,4-5,10-13,22H,3,6-9H2,1H3,(H2,28,30)(H,29,32)/t22-/m0/s1. The largest absolute Gasteiger partial charge is 0.383 e. The number of halogens is 2. The Morgan fingerprint density at radius 1 is 1.09 bits per heavy atom. The van der Waals surface area contributed by atoms with Crippen molar-refractivity contribution in [3.8, 4) is 22.3 Å². The Bertz CT molecular complexity index is 1230. The Morgan fingerprint density at radius 2 is 1.94 bits per heavy atom. The molecule has 164 valence electrons. The lowest BCUT2D eigenvalue weighted by atomic mass is 9.93. The van der Waals surface area contributed by atoms with Crippen molar-refractivity contribution in [2.45, 2.75) is 25.3 Å². The Balaban J connectivity index is 1.60. The summed E-state index contributed by atoms with van der Waals surface area (Å²) in [7, 11) is 2.09. The number of benzene rings is 2. The molecule has 2 aliphatic rings. The Morgan fingerprint density at radius 3 is 2.72 bits per heavy atom. The quantitative estimate of drug-likeness (QED) is 0.602. The van der Waals surface area contributed by atoms with Crippen LogP contribution in [0.1, 0.15) is 40.4 Å². The van der Waals surface area contributed by atoms with E-state index in [-0.39, 0.29) is 22.9 Å². The highest BCUT2D eigenvalue weighted by Gasteiger charge is 2.24. The first-order valence-corrected chi connectivity index (χ1v) is 10.8. The lowest BCUT2D eigenvalue weighted by Crippen LogP contribution is -2.32. The summed E-state index contributed by atoms with van der Waals surface area (Å²) in [5.74, 6) is -1.66. The van der Waals surface area contributed by atoms with E-state index >= 15 is 4.39 Å². The molecule has 1 aromatic heterocycles. The third-order valence-electron chi connectivity index (χ3n) is 6.52. The molecule has 0 radical (unpaired) electrons. The predicted molar refractivity (Wildman–Crippen MR) is 120 cm³/mol. The summed E-state index contributed by atoms with van der Waals surface area (Å²) >= 11 is 0. The zero-order valence-corrected chi connectivity index (χ0v) is 17.8. The van der Waals surface area contributed by atoms with Gasteiger partial charge in [0.2, 0.25) is 5.95 Å². The minimum atomic E-state index is -0.694. The molecule has 1 atom stereocenters. The highest BCUT2D eigenvalue weighted by atomic mass is 19.1. The van der Waals surface area contributed by atoms with Gasteiger partial charge < -0.3 is 11.1 Å². The van der Waals surface area contributed by atoms with E-state index in [1.807, 2.05) is 24.3 Å². The van der Waals surface area contributed by atoms with Crippen molar-refractivity contribution in [3.05, 3.63) is 70.9 Å². The zero-order chi connectivity index (χ0) is 22.4. The number of amides is 1. The van der Waals surface area contributed by atoms with Gasteiger partial charge in [0.1, 0.15) is 11.6 Å². The Hall–Kier alpha value is -3.32. The van der Waals surface area contributed by atoms with Crippen LogP contribution in [-0.2, 0) is 6.42 Å². The van der Waals surface area contributed by atoms with Crippen LogP contribution in [0.25, 0.3) is 22.3 Å². The number of nitrogens with two attached hydrogens (primary N) is 1. The molecule has 0 saturated carbocycles. The number of nitrogens with zero attached hydrogens (tertiary/aromatic N) is 2. The van der Waals surface area contributed by atoms with Crippen LogP contribution in [0, 0.1) is 11.8 Å². The van der Waals surface area contributed by atoms with Crippen molar-refractivity contribution in [2.75, 3.05) is 25.9 Å². The van der Waals surface area contributed by atoms with Gasteiger partial charge in [-0.1, -0.05) is 18.2 Å². The minimum Gasteiger partial charge on any atom is -0.383 e. The summed E-state index contributed by atoms with van der Waals surface area (Å²) in [6.45, 7) is 1.52. The van der Waals surface area contributed by atoms with Crippen molar-refractivity contribution in [2.24, 2.45) is 0 Å². The van der Waals surface area contributed by atoms with E-state index in [4.69, 9.17) is 5.73 Å². The van der Waals surface area contributed by atoms with Crippen molar-refractivity contribution in [3.63, 3.8) is 0 Å². The topological polar surface area (TPSA) is 71.2 Å². The number of hydrogen-bond acceptors (Lipinski definition) is 4. The molecule has 3 heterocycles. The number of carbonyl (C=O) groups is 1. The molecular weight excluding hydrogens is 410 g/mol. The molecule has 3 N–H and O–H groups in total. The van der Waals surface area contributed by atoms with Gasteiger partial charge in [0.25, 0.3) is 5.91 Å². The second-order valence-corrected chi connectivity index (χ2v) is 8.52. The third kappa shape index (κ3) is 3.52. The SMILES string of the molecule is CN1CCC[C@H]1c1cccc(-c2cc(-c3cc4c(cc3F)C(=O)NCC4)c(N)nc2F)c1. The van der Waals surface area contributed by atoms with E-state index in [1.165, 1.54) is 6.07 Å². The fraction of sp³-hybridized carbons (Fsp3) is 0.280. The number of anilines is 1. The van der Waals surface area contributed by atoms with Crippen molar-refractivity contribution in [1.82, 2.24) is 15.2 Å². The summed E-state index contributed by atoms with van der Waals surface area (Å²) < 4.78 is 29.9. The molecule has 0 aliphatic carbocycles. The molecule has 7 heteroatoms. The molecule has 5 rings (SSSR count). The molecule has 0 unspecified atom stereocenters. The molecule has 2 aromatic carbocycles. The van der Waals surface area contributed by atoms with E-state index in [9.17, 15) is 9.18 Å². The molecule has 3 aromatic rings. The summed E-state index contributed by atoms with van der Waals surface area (Å²) in [6, 6.07) is 12.5. The summed E-state index contributed by atoms with van der Waals surface area (Å²) in [5, 5.41) is 2.71. The molecule has 32 heavy (non-hydrogen) atoms. The minimum absolute atomic E-state index is 0.0861. The molecule has 2 aliphatic heterocycles. The molecule has 1 fully saturated rings. The monoisotopic (exact) mass is 434 g/mol. The van der Waals surface area contributed by atoms with Gasteiger partial charge in [-0.05, 0) is 73.8 Å². The van der Waals surface area contributed by atoms with Crippen molar-refractivity contribution >= 4 is 11.7 Å². The summed E-state index contributed by atoms with van der Waals surface area (Å²) in [6.07, 6.45) is 2.78. The zero-order valence-electron chi connectivity index (χ0n) is 17.8. The number of hydrogen-bond donors (Lipinski definition) is 2. The summed E-state index contributed by atoms with van der Waals surface area (Å²) in [5.41, 5.74) is 9.67. The Labute approximate surface area is 185 Å². The van der Waals surface area contributed by atoms with Gasteiger partial charge in [0.05, 0.1) is 0 Å². The number of likely N-dealkylation sites (tertiary alicyclic amines) is 1. The first-order valence-electron chi connectivity index (χ1n) is 10.8. The van der Waals surface area contributed by atoms with Crippen LogP contribution < -0.4 is 11.1 Å². The van der Waals surface area contributed by atoms with Gasteiger partial charge in [-0.15, -0.1) is 0 Å². The van der Waals surface area contributed by atoms with Crippen LogP contribution in [0.4, 0.5) is 14.6 Å². The summed E-state index contributed by atoms with van der Waals surface area (Å²) in [4.78, 5) is 18.2. The van der Waals surface area contributed by atoms with Gasteiger partial charge in [-0.25, -0.2) is 9.37 Å². The Kier molecular flexibility index (Phi) is 5.13.